The topological polar surface area (TPSA) is 32.3 Å². The zero-order valence-corrected chi connectivity index (χ0v) is 13.6. The lowest BCUT2D eigenvalue weighted by atomic mass is 9.93. The van der Waals surface area contributed by atoms with E-state index in [9.17, 15) is 4.79 Å². The van der Waals surface area contributed by atoms with Crippen LogP contribution in [0.15, 0.2) is 22.7 Å². The van der Waals surface area contributed by atoms with E-state index in [2.05, 4.69) is 33.1 Å². The molecule has 1 amide bonds. The predicted molar refractivity (Wildman–Crippen MR) is 83.8 cm³/mol. The molecule has 0 saturated carbocycles. The number of nitrogens with zero attached hydrogens (tertiary/aromatic N) is 1. The van der Waals surface area contributed by atoms with E-state index in [4.69, 9.17) is 0 Å². The maximum atomic E-state index is 12.9. The van der Waals surface area contributed by atoms with Gasteiger partial charge in [-0.25, -0.2) is 0 Å². The van der Waals surface area contributed by atoms with Gasteiger partial charge in [0.2, 0.25) is 0 Å². The molecule has 2 aliphatic heterocycles. The van der Waals surface area contributed by atoms with Crippen molar-refractivity contribution < 1.29 is 4.79 Å². The minimum Gasteiger partial charge on any atom is -0.335 e. The fourth-order valence-corrected chi connectivity index (χ4v) is 4.28. The molecule has 1 aromatic carbocycles. The van der Waals surface area contributed by atoms with Crippen LogP contribution < -0.4 is 5.32 Å². The van der Waals surface area contributed by atoms with E-state index in [1.54, 1.807) is 0 Å². The largest absolute Gasteiger partial charge is 0.335 e. The van der Waals surface area contributed by atoms with Crippen molar-refractivity contribution in [2.24, 2.45) is 11.8 Å². The Morgan fingerprint density at radius 3 is 2.95 bits per heavy atom. The van der Waals surface area contributed by atoms with Gasteiger partial charge in [0.1, 0.15) is 0 Å². The Balaban J connectivity index is 1.86. The SMILES string of the molecule is CCC1C2CNCC2CN1C(=O)c1ccc(Br)cc1C. The maximum absolute atomic E-state index is 12.9. The van der Waals surface area contributed by atoms with Gasteiger partial charge in [-0.1, -0.05) is 22.9 Å². The molecular weight excluding hydrogens is 316 g/mol. The number of rotatable bonds is 2. The summed E-state index contributed by atoms with van der Waals surface area (Å²) in [7, 11) is 0. The van der Waals surface area contributed by atoms with Gasteiger partial charge in [-0.15, -0.1) is 0 Å². The smallest absolute Gasteiger partial charge is 0.254 e. The predicted octanol–water partition coefficient (Wildman–Crippen LogP) is 2.83. The zero-order chi connectivity index (χ0) is 14.3. The van der Waals surface area contributed by atoms with Crippen LogP contribution in [0, 0.1) is 18.8 Å². The summed E-state index contributed by atoms with van der Waals surface area (Å²) < 4.78 is 1.03. The fourth-order valence-electron chi connectivity index (χ4n) is 3.80. The van der Waals surface area contributed by atoms with E-state index in [-0.39, 0.29) is 5.91 Å². The molecule has 3 atom stereocenters. The van der Waals surface area contributed by atoms with Crippen LogP contribution in [0.4, 0.5) is 0 Å². The van der Waals surface area contributed by atoms with Crippen LogP contribution in [-0.2, 0) is 0 Å². The summed E-state index contributed by atoms with van der Waals surface area (Å²) in [5, 5.41) is 3.46. The second-order valence-electron chi connectivity index (χ2n) is 5.97. The number of likely N-dealkylation sites (tertiary alicyclic amines) is 1. The number of aryl methyl sites for hydroxylation is 1. The molecule has 1 aromatic rings. The highest BCUT2D eigenvalue weighted by atomic mass is 79.9. The van der Waals surface area contributed by atoms with Gasteiger partial charge < -0.3 is 10.2 Å². The number of halogens is 1. The van der Waals surface area contributed by atoms with Crippen LogP contribution >= 0.6 is 15.9 Å². The summed E-state index contributed by atoms with van der Waals surface area (Å²) in [6, 6.07) is 6.32. The molecule has 4 heteroatoms. The second kappa shape index (κ2) is 5.49. The monoisotopic (exact) mass is 336 g/mol. The van der Waals surface area contributed by atoms with E-state index in [0.29, 0.717) is 17.9 Å². The maximum Gasteiger partial charge on any atom is 0.254 e. The van der Waals surface area contributed by atoms with Crippen LogP contribution in [0.5, 0.6) is 0 Å². The number of hydrogen-bond acceptors (Lipinski definition) is 2. The fraction of sp³-hybridized carbons (Fsp3) is 0.562. The lowest BCUT2D eigenvalue weighted by Crippen LogP contribution is -2.39. The highest BCUT2D eigenvalue weighted by Crippen LogP contribution is 2.35. The first-order chi connectivity index (χ1) is 9.61. The van der Waals surface area contributed by atoms with Gasteiger partial charge in [-0.3, -0.25) is 4.79 Å². The van der Waals surface area contributed by atoms with Crippen LogP contribution in [0.3, 0.4) is 0 Å². The number of hydrogen-bond donors (Lipinski definition) is 1. The second-order valence-corrected chi connectivity index (χ2v) is 6.89. The van der Waals surface area contributed by atoms with Crippen LogP contribution in [0.2, 0.25) is 0 Å². The van der Waals surface area contributed by atoms with Crippen LogP contribution in [-0.4, -0.2) is 36.5 Å². The summed E-state index contributed by atoms with van der Waals surface area (Å²) in [6.45, 7) is 7.23. The van der Waals surface area contributed by atoms with Gasteiger partial charge in [0.25, 0.3) is 5.91 Å². The minimum atomic E-state index is 0.205. The Labute approximate surface area is 128 Å². The van der Waals surface area contributed by atoms with E-state index < -0.39 is 0 Å². The number of benzene rings is 1. The van der Waals surface area contributed by atoms with Gasteiger partial charge in [0, 0.05) is 35.7 Å². The highest BCUT2D eigenvalue weighted by molar-refractivity contribution is 9.10. The average Bonchev–Trinajstić information content (AvgIpc) is 2.97. The van der Waals surface area contributed by atoms with Crippen molar-refractivity contribution in [1.29, 1.82) is 0 Å². The molecule has 0 aliphatic carbocycles. The molecule has 2 fully saturated rings. The molecule has 2 heterocycles. The summed E-state index contributed by atoms with van der Waals surface area (Å²) in [6.07, 6.45) is 1.05. The van der Waals surface area contributed by atoms with Crippen molar-refractivity contribution in [3.63, 3.8) is 0 Å². The number of fused-ring (bicyclic) bond motifs is 1. The standard InChI is InChI=1S/C16H21BrN2O/c1-3-15-14-8-18-7-11(14)9-19(15)16(20)13-5-4-12(17)6-10(13)2/h4-6,11,14-15,18H,3,7-9H2,1-2H3. The van der Waals surface area contributed by atoms with Crippen molar-refractivity contribution in [2.75, 3.05) is 19.6 Å². The van der Waals surface area contributed by atoms with Crippen LogP contribution in [0.1, 0.15) is 29.3 Å². The Bertz CT molecular complexity index is 531. The molecule has 2 aliphatic rings. The van der Waals surface area contributed by atoms with Gasteiger partial charge in [0.15, 0.2) is 0 Å². The first-order valence-corrected chi connectivity index (χ1v) is 8.19. The number of carbonyl (C=O) groups is 1. The average molecular weight is 337 g/mol. The molecule has 0 bridgehead atoms. The van der Waals surface area contributed by atoms with Crippen molar-refractivity contribution in [1.82, 2.24) is 10.2 Å². The van der Waals surface area contributed by atoms with Crippen molar-refractivity contribution in [2.45, 2.75) is 26.3 Å². The van der Waals surface area contributed by atoms with E-state index >= 15 is 0 Å². The third kappa shape index (κ3) is 2.29. The molecule has 3 unspecified atom stereocenters. The van der Waals surface area contributed by atoms with E-state index in [0.717, 1.165) is 41.7 Å². The molecule has 20 heavy (non-hydrogen) atoms. The molecule has 2 saturated heterocycles. The van der Waals surface area contributed by atoms with Gasteiger partial charge in [0.05, 0.1) is 0 Å². The number of nitrogens with one attached hydrogen (secondary N) is 1. The molecule has 3 nitrogen and oxygen atoms in total. The summed E-state index contributed by atoms with van der Waals surface area (Å²) in [5.41, 5.74) is 1.90. The first kappa shape index (κ1) is 14.1. The van der Waals surface area contributed by atoms with Crippen LogP contribution in [0.25, 0.3) is 0 Å². The van der Waals surface area contributed by atoms with Gasteiger partial charge in [-0.05, 0) is 48.9 Å². The van der Waals surface area contributed by atoms with E-state index in [1.807, 2.05) is 25.1 Å². The van der Waals surface area contributed by atoms with E-state index in [1.165, 1.54) is 0 Å². The third-order valence-electron chi connectivity index (χ3n) is 4.82. The first-order valence-electron chi connectivity index (χ1n) is 7.39. The Kier molecular flexibility index (Phi) is 3.87. The highest BCUT2D eigenvalue weighted by Gasteiger charge is 2.45. The molecule has 1 N–H and O–H groups in total. The summed E-state index contributed by atoms with van der Waals surface area (Å²) >= 11 is 3.46. The van der Waals surface area contributed by atoms with Crippen molar-refractivity contribution in [3.05, 3.63) is 33.8 Å². The van der Waals surface area contributed by atoms with Gasteiger partial charge >= 0.3 is 0 Å². The lowest BCUT2D eigenvalue weighted by molar-refractivity contribution is 0.0711. The van der Waals surface area contributed by atoms with Crippen molar-refractivity contribution in [3.8, 4) is 0 Å². The number of carbonyl (C=O) groups excluding carboxylic acids is 1. The Morgan fingerprint density at radius 2 is 2.25 bits per heavy atom. The molecule has 108 valence electrons. The molecule has 0 aromatic heterocycles. The quantitative estimate of drug-likeness (QED) is 0.900. The number of amides is 1. The van der Waals surface area contributed by atoms with Gasteiger partial charge in [-0.2, -0.15) is 0 Å². The molecular formula is C16H21BrN2O. The molecule has 3 rings (SSSR count). The summed E-state index contributed by atoms with van der Waals surface area (Å²) in [4.78, 5) is 15.0. The summed E-state index contributed by atoms with van der Waals surface area (Å²) in [5.74, 6) is 1.48. The zero-order valence-electron chi connectivity index (χ0n) is 12.0. The lowest BCUT2D eigenvalue weighted by Gasteiger charge is -2.27. The Hall–Kier alpha value is -0.870. The Morgan fingerprint density at radius 1 is 1.45 bits per heavy atom. The molecule has 0 radical (unpaired) electrons. The normalized spacial score (nSPS) is 28.8. The minimum absolute atomic E-state index is 0.205. The third-order valence-corrected chi connectivity index (χ3v) is 5.31. The van der Waals surface area contributed by atoms with Crippen molar-refractivity contribution >= 4 is 21.8 Å². The molecule has 0 spiro atoms.